The van der Waals surface area contributed by atoms with Crippen molar-refractivity contribution in [3.8, 4) is 0 Å². The van der Waals surface area contributed by atoms with Gasteiger partial charge in [0.15, 0.2) is 0 Å². The van der Waals surface area contributed by atoms with Crippen LogP contribution in [0.15, 0.2) is 0 Å². The number of carbonyl (C=O) groups is 1. The number of hydrogen-bond acceptors (Lipinski definition) is 2. The van der Waals surface area contributed by atoms with Crippen LogP contribution in [0.25, 0.3) is 0 Å². The Kier molecular flexibility index (Phi) is 4.43. The minimum absolute atomic E-state index is 0.0991. The molecule has 0 aromatic carbocycles. The summed E-state index contributed by atoms with van der Waals surface area (Å²) in [6, 6.07) is 0.609. The molecule has 1 aliphatic carbocycles. The molecule has 1 saturated carbocycles. The maximum atomic E-state index is 12.3. The zero-order valence-corrected chi connectivity index (χ0v) is 11.2. The molecule has 1 N–H and O–H groups in total. The van der Waals surface area contributed by atoms with Crippen LogP contribution in [-0.2, 0) is 4.79 Å². The van der Waals surface area contributed by atoms with Gasteiger partial charge in [-0.3, -0.25) is 10.1 Å². The van der Waals surface area contributed by atoms with Gasteiger partial charge >= 0.3 is 0 Å². The standard InChI is InChI=1S/C14H26N2O/c1-3-6-13-14(17)16(10-15-13)12-8-5-7-11(4-2)9-12/h11-13,15H,3-10H2,1-2H3. The van der Waals surface area contributed by atoms with E-state index in [4.69, 9.17) is 0 Å². The first kappa shape index (κ1) is 12.9. The zero-order valence-electron chi connectivity index (χ0n) is 11.2. The second-order valence-electron chi connectivity index (χ2n) is 5.61. The van der Waals surface area contributed by atoms with Crippen molar-refractivity contribution in [3.63, 3.8) is 0 Å². The Hall–Kier alpha value is -0.570. The van der Waals surface area contributed by atoms with Crippen molar-refractivity contribution in [1.29, 1.82) is 0 Å². The van der Waals surface area contributed by atoms with Crippen molar-refractivity contribution >= 4 is 5.91 Å². The van der Waals surface area contributed by atoms with E-state index in [2.05, 4.69) is 24.1 Å². The van der Waals surface area contributed by atoms with Crippen LogP contribution in [0, 0.1) is 5.92 Å². The third-order valence-electron chi connectivity index (χ3n) is 4.44. The van der Waals surface area contributed by atoms with Crippen molar-refractivity contribution in [2.45, 2.75) is 70.9 Å². The Labute approximate surface area is 105 Å². The van der Waals surface area contributed by atoms with Crippen LogP contribution in [-0.4, -0.2) is 29.6 Å². The summed E-state index contributed by atoms with van der Waals surface area (Å²) in [7, 11) is 0. The van der Waals surface area contributed by atoms with Crippen molar-refractivity contribution in [2.75, 3.05) is 6.67 Å². The average molecular weight is 238 g/mol. The molecule has 98 valence electrons. The first-order valence-corrected chi connectivity index (χ1v) is 7.30. The molecule has 0 bridgehead atoms. The highest BCUT2D eigenvalue weighted by atomic mass is 16.2. The fourth-order valence-corrected chi connectivity index (χ4v) is 3.31. The van der Waals surface area contributed by atoms with E-state index in [1.807, 2.05) is 0 Å². The molecule has 3 heteroatoms. The number of nitrogens with one attached hydrogen (secondary N) is 1. The molecule has 1 heterocycles. The van der Waals surface area contributed by atoms with E-state index in [-0.39, 0.29) is 6.04 Å². The summed E-state index contributed by atoms with van der Waals surface area (Å²) in [6.45, 7) is 5.20. The zero-order chi connectivity index (χ0) is 12.3. The molecule has 3 atom stereocenters. The number of hydrogen-bond donors (Lipinski definition) is 1. The lowest BCUT2D eigenvalue weighted by molar-refractivity contribution is -0.131. The summed E-state index contributed by atoms with van der Waals surface area (Å²) in [5, 5.41) is 3.36. The lowest BCUT2D eigenvalue weighted by Crippen LogP contribution is -2.41. The van der Waals surface area contributed by atoms with Crippen molar-refractivity contribution in [2.24, 2.45) is 5.92 Å². The molecule has 17 heavy (non-hydrogen) atoms. The minimum Gasteiger partial charge on any atom is -0.326 e. The number of nitrogens with zero attached hydrogens (tertiary/aromatic N) is 1. The van der Waals surface area contributed by atoms with E-state index in [0.29, 0.717) is 11.9 Å². The van der Waals surface area contributed by atoms with Crippen molar-refractivity contribution in [3.05, 3.63) is 0 Å². The summed E-state index contributed by atoms with van der Waals surface area (Å²) < 4.78 is 0. The monoisotopic (exact) mass is 238 g/mol. The molecule has 2 aliphatic rings. The van der Waals surface area contributed by atoms with Crippen LogP contribution in [0.1, 0.15) is 58.8 Å². The molecule has 3 unspecified atom stereocenters. The van der Waals surface area contributed by atoms with Gasteiger partial charge in [0, 0.05) is 6.04 Å². The summed E-state index contributed by atoms with van der Waals surface area (Å²) in [6.07, 6.45) is 8.43. The van der Waals surface area contributed by atoms with Crippen LogP contribution in [0.2, 0.25) is 0 Å². The second kappa shape index (κ2) is 5.85. The molecule has 2 rings (SSSR count). The Morgan fingerprint density at radius 2 is 2.18 bits per heavy atom. The molecular formula is C14H26N2O. The van der Waals surface area contributed by atoms with Gasteiger partial charge in [0.05, 0.1) is 12.7 Å². The molecule has 0 spiro atoms. The first-order chi connectivity index (χ1) is 8.26. The van der Waals surface area contributed by atoms with E-state index in [9.17, 15) is 4.79 Å². The van der Waals surface area contributed by atoms with Crippen molar-refractivity contribution < 1.29 is 4.79 Å². The normalized spacial score (nSPS) is 34.4. The van der Waals surface area contributed by atoms with E-state index < -0.39 is 0 Å². The highest BCUT2D eigenvalue weighted by molar-refractivity contribution is 5.84. The fraction of sp³-hybridized carbons (Fsp3) is 0.929. The lowest BCUT2D eigenvalue weighted by atomic mass is 9.83. The average Bonchev–Trinajstić information content (AvgIpc) is 2.72. The van der Waals surface area contributed by atoms with Crippen LogP contribution in [0.5, 0.6) is 0 Å². The van der Waals surface area contributed by atoms with E-state index in [1.54, 1.807) is 0 Å². The van der Waals surface area contributed by atoms with Crippen LogP contribution in [0.4, 0.5) is 0 Å². The number of amides is 1. The SMILES string of the molecule is CCCC1NCN(C2CCCC(CC)C2)C1=O. The molecule has 0 aromatic heterocycles. The topological polar surface area (TPSA) is 32.3 Å². The van der Waals surface area contributed by atoms with Gasteiger partial charge < -0.3 is 4.90 Å². The van der Waals surface area contributed by atoms with Gasteiger partial charge in [-0.2, -0.15) is 0 Å². The van der Waals surface area contributed by atoms with Gasteiger partial charge in [0.1, 0.15) is 0 Å². The summed E-state index contributed by atoms with van der Waals surface area (Å²) in [4.78, 5) is 14.4. The molecule has 0 radical (unpaired) electrons. The fourth-order valence-electron chi connectivity index (χ4n) is 3.31. The smallest absolute Gasteiger partial charge is 0.241 e. The molecule has 3 nitrogen and oxygen atoms in total. The van der Waals surface area contributed by atoms with Gasteiger partial charge in [-0.1, -0.05) is 39.5 Å². The van der Waals surface area contributed by atoms with Crippen LogP contribution in [0.3, 0.4) is 0 Å². The Bertz CT molecular complexity index is 267. The molecular weight excluding hydrogens is 212 g/mol. The molecule has 2 fully saturated rings. The molecule has 1 amide bonds. The second-order valence-corrected chi connectivity index (χ2v) is 5.61. The third kappa shape index (κ3) is 2.82. The van der Waals surface area contributed by atoms with E-state index in [0.717, 1.165) is 25.4 Å². The van der Waals surface area contributed by atoms with Crippen LogP contribution < -0.4 is 5.32 Å². The summed E-state index contributed by atoms with van der Waals surface area (Å²) >= 11 is 0. The quantitative estimate of drug-likeness (QED) is 0.816. The van der Waals surface area contributed by atoms with Gasteiger partial charge in [0.25, 0.3) is 0 Å². The number of rotatable bonds is 4. The number of carbonyl (C=O) groups excluding carboxylic acids is 1. The summed E-state index contributed by atoms with van der Waals surface area (Å²) in [5.41, 5.74) is 0. The Morgan fingerprint density at radius 3 is 2.88 bits per heavy atom. The van der Waals surface area contributed by atoms with Crippen molar-refractivity contribution in [1.82, 2.24) is 10.2 Å². The molecule has 1 aliphatic heterocycles. The van der Waals surface area contributed by atoms with Gasteiger partial charge in [-0.05, 0) is 25.2 Å². The highest BCUT2D eigenvalue weighted by Gasteiger charge is 2.36. The maximum Gasteiger partial charge on any atom is 0.241 e. The van der Waals surface area contributed by atoms with E-state index >= 15 is 0 Å². The van der Waals surface area contributed by atoms with Gasteiger partial charge in [0.2, 0.25) is 5.91 Å². The first-order valence-electron chi connectivity index (χ1n) is 7.30. The largest absolute Gasteiger partial charge is 0.326 e. The van der Waals surface area contributed by atoms with Gasteiger partial charge in [-0.15, -0.1) is 0 Å². The minimum atomic E-state index is 0.0991. The predicted octanol–water partition coefficient (Wildman–Crippen LogP) is 2.51. The Morgan fingerprint density at radius 1 is 1.35 bits per heavy atom. The van der Waals surface area contributed by atoms with Crippen LogP contribution >= 0.6 is 0 Å². The Balaban J connectivity index is 1.92. The molecule has 1 saturated heterocycles. The lowest BCUT2D eigenvalue weighted by Gasteiger charge is -2.34. The maximum absolute atomic E-state index is 12.3. The highest BCUT2D eigenvalue weighted by Crippen LogP contribution is 2.31. The molecule has 0 aromatic rings. The van der Waals surface area contributed by atoms with E-state index in [1.165, 1.54) is 32.1 Å². The predicted molar refractivity (Wildman–Crippen MR) is 69.6 cm³/mol. The third-order valence-corrected chi connectivity index (χ3v) is 4.44. The summed E-state index contributed by atoms with van der Waals surface area (Å²) in [5.74, 6) is 1.19. The van der Waals surface area contributed by atoms with Gasteiger partial charge in [-0.25, -0.2) is 0 Å².